The van der Waals surface area contributed by atoms with E-state index in [9.17, 15) is 4.79 Å². The lowest BCUT2D eigenvalue weighted by atomic mass is 9.94. The average Bonchev–Trinajstić information content (AvgIpc) is 3.37. The summed E-state index contributed by atoms with van der Waals surface area (Å²) in [5, 5.41) is 4.29. The van der Waals surface area contributed by atoms with Crippen LogP contribution in [0.1, 0.15) is 48.9 Å². The molecule has 1 saturated heterocycles. The number of nitrogens with one attached hydrogen (secondary N) is 1. The zero-order valence-electron chi connectivity index (χ0n) is 22.4. The number of ether oxygens (including phenoxy) is 1. The second-order valence-electron chi connectivity index (χ2n) is 10.2. The number of rotatable bonds is 10. The molecule has 1 N–H and O–H groups in total. The lowest BCUT2D eigenvalue weighted by Gasteiger charge is -2.22. The Hall–Kier alpha value is -3.54. The maximum absolute atomic E-state index is 13.5. The molecule has 2 heterocycles. The molecule has 0 radical (unpaired) electrons. The summed E-state index contributed by atoms with van der Waals surface area (Å²) in [7, 11) is 2.17. The highest BCUT2D eigenvalue weighted by molar-refractivity contribution is 5.92. The van der Waals surface area contributed by atoms with Gasteiger partial charge < -0.3 is 15.0 Å². The van der Waals surface area contributed by atoms with Gasteiger partial charge in [-0.05, 0) is 50.0 Å². The SMILES string of the molecule is CC[C@H](NC(=O)Cc1c(COC[C@@H]2CCCN2C)c(-c2ccccc2)nc2ccccc12)c1ccccc1. The predicted molar refractivity (Wildman–Crippen MR) is 154 cm³/mol. The van der Waals surface area contributed by atoms with Gasteiger partial charge in [0.05, 0.1) is 36.9 Å². The van der Waals surface area contributed by atoms with Gasteiger partial charge in [-0.25, -0.2) is 4.98 Å². The second-order valence-corrected chi connectivity index (χ2v) is 10.2. The zero-order valence-corrected chi connectivity index (χ0v) is 22.4. The Morgan fingerprint density at radius 2 is 1.71 bits per heavy atom. The Morgan fingerprint density at radius 3 is 2.42 bits per heavy atom. The number of carbonyl (C=O) groups is 1. The van der Waals surface area contributed by atoms with Crippen LogP contribution in [0.3, 0.4) is 0 Å². The average molecular weight is 508 g/mol. The summed E-state index contributed by atoms with van der Waals surface area (Å²) in [6.07, 6.45) is 3.47. The largest absolute Gasteiger partial charge is 0.375 e. The number of likely N-dealkylation sites (tertiary alicyclic amines) is 1. The van der Waals surface area contributed by atoms with Crippen LogP contribution in [-0.2, 0) is 22.6 Å². The van der Waals surface area contributed by atoms with E-state index in [-0.39, 0.29) is 18.4 Å². The van der Waals surface area contributed by atoms with Crippen LogP contribution < -0.4 is 5.32 Å². The summed E-state index contributed by atoms with van der Waals surface area (Å²) in [5.74, 6) is 0.00726. The molecule has 38 heavy (non-hydrogen) atoms. The number of benzene rings is 3. The van der Waals surface area contributed by atoms with Crippen molar-refractivity contribution in [1.82, 2.24) is 15.2 Å². The van der Waals surface area contributed by atoms with Crippen molar-refractivity contribution in [3.63, 3.8) is 0 Å². The van der Waals surface area contributed by atoms with Gasteiger partial charge in [-0.3, -0.25) is 4.79 Å². The number of likely N-dealkylation sites (N-methyl/N-ethyl adjacent to an activating group) is 1. The van der Waals surface area contributed by atoms with Gasteiger partial charge in [0.15, 0.2) is 0 Å². The molecule has 0 unspecified atom stereocenters. The van der Waals surface area contributed by atoms with Gasteiger partial charge >= 0.3 is 0 Å². The molecule has 5 rings (SSSR count). The Kier molecular flexibility index (Phi) is 8.47. The molecule has 4 aromatic rings. The zero-order chi connectivity index (χ0) is 26.3. The Bertz CT molecular complexity index is 1360. The first-order valence-electron chi connectivity index (χ1n) is 13.7. The highest BCUT2D eigenvalue weighted by atomic mass is 16.5. The molecule has 0 bridgehead atoms. The van der Waals surface area contributed by atoms with E-state index in [0.717, 1.165) is 58.2 Å². The fourth-order valence-electron chi connectivity index (χ4n) is 5.51. The van der Waals surface area contributed by atoms with Crippen LogP contribution >= 0.6 is 0 Å². The van der Waals surface area contributed by atoms with E-state index in [1.54, 1.807) is 0 Å². The van der Waals surface area contributed by atoms with E-state index < -0.39 is 0 Å². The van der Waals surface area contributed by atoms with Gasteiger partial charge in [0.25, 0.3) is 0 Å². The van der Waals surface area contributed by atoms with E-state index in [4.69, 9.17) is 9.72 Å². The van der Waals surface area contributed by atoms with Crippen molar-refractivity contribution < 1.29 is 9.53 Å². The number of hydrogen-bond acceptors (Lipinski definition) is 4. The number of pyridine rings is 1. The molecule has 3 aromatic carbocycles. The molecule has 0 aliphatic carbocycles. The van der Waals surface area contributed by atoms with Crippen LogP contribution in [0.4, 0.5) is 0 Å². The molecule has 5 nitrogen and oxygen atoms in total. The summed E-state index contributed by atoms with van der Waals surface area (Å²) >= 11 is 0. The summed E-state index contributed by atoms with van der Waals surface area (Å²) in [6, 6.07) is 29.0. The minimum absolute atomic E-state index is 0.00726. The quantitative estimate of drug-likeness (QED) is 0.273. The molecule has 1 aromatic heterocycles. The molecule has 1 fully saturated rings. The normalized spacial score (nSPS) is 16.5. The van der Waals surface area contributed by atoms with Gasteiger partial charge in [-0.15, -0.1) is 0 Å². The van der Waals surface area contributed by atoms with Gasteiger partial charge in [0.2, 0.25) is 5.91 Å². The van der Waals surface area contributed by atoms with Gasteiger partial charge in [0.1, 0.15) is 0 Å². The highest BCUT2D eigenvalue weighted by Gasteiger charge is 2.23. The molecule has 5 heteroatoms. The summed E-state index contributed by atoms with van der Waals surface area (Å²) < 4.78 is 6.37. The lowest BCUT2D eigenvalue weighted by Crippen LogP contribution is -2.30. The number of nitrogens with zero attached hydrogens (tertiary/aromatic N) is 2. The van der Waals surface area contributed by atoms with Crippen molar-refractivity contribution in [2.24, 2.45) is 0 Å². The summed E-state index contributed by atoms with van der Waals surface area (Å²) in [5.41, 5.74) is 5.93. The van der Waals surface area contributed by atoms with Crippen LogP contribution in [0.25, 0.3) is 22.2 Å². The molecule has 1 aliphatic rings. The van der Waals surface area contributed by atoms with E-state index in [1.807, 2.05) is 54.6 Å². The molecule has 196 valence electrons. The topological polar surface area (TPSA) is 54.5 Å². The molecular formula is C33H37N3O2. The van der Waals surface area contributed by atoms with Gasteiger partial charge in [-0.1, -0.05) is 85.8 Å². The van der Waals surface area contributed by atoms with E-state index in [2.05, 4.69) is 54.5 Å². The Balaban J connectivity index is 1.50. The van der Waals surface area contributed by atoms with E-state index >= 15 is 0 Å². The minimum Gasteiger partial charge on any atom is -0.375 e. The first-order valence-corrected chi connectivity index (χ1v) is 13.7. The van der Waals surface area contributed by atoms with E-state index in [0.29, 0.717) is 19.3 Å². The third-order valence-electron chi connectivity index (χ3n) is 7.67. The van der Waals surface area contributed by atoms with Crippen LogP contribution in [0.2, 0.25) is 0 Å². The van der Waals surface area contributed by atoms with Gasteiger partial charge in [0, 0.05) is 22.6 Å². The number of aromatic nitrogens is 1. The summed E-state index contributed by atoms with van der Waals surface area (Å²) in [4.78, 5) is 21.0. The summed E-state index contributed by atoms with van der Waals surface area (Å²) in [6.45, 7) is 4.32. The highest BCUT2D eigenvalue weighted by Crippen LogP contribution is 2.32. The van der Waals surface area contributed by atoms with Crippen LogP contribution in [-0.4, -0.2) is 42.0 Å². The van der Waals surface area contributed by atoms with Crippen molar-refractivity contribution in [1.29, 1.82) is 0 Å². The first-order chi connectivity index (χ1) is 18.6. The Morgan fingerprint density at radius 1 is 1.00 bits per heavy atom. The monoisotopic (exact) mass is 507 g/mol. The maximum atomic E-state index is 13.5. The molecule has 0 spiro atoms. The first kappa shape index (κ1) is 26.1. The molecule has 1 aliphatic heterocycles. The maximum Gasteiger partial charge on any atom is 0.224 e. The van der Waals surface area contributed by atoms with Crippen molar-refractivity contribution in [2.45, 2.75) is 51.3 Å². The predicted octanol–water partition coefficient (Wildman–Crippen LogP) is 6.32. The molecule has 1 amide bonds. The number of carbonyl (C=O) groups excluding carboxylic acids is 1. The fourth-order valence-corrected chi connectivity index (χ4v) is 5.51. The molecular weight excluding hydrogens is 470 g/mol. The van der Waals surface area contributed by atoms with Crippen LogP contribution in [0.15, 0.2) is 84.9 Å². The molecule has 0 saturated carbocycles. The number of hydrogen-bond donors (Lipinski definition) is 1. The number of fused-ring (bicyclic) bond motifs is 1. The smallest absolute Gasteiger partial charge is 0.224 e. The van der Waals surface area contributed by atoms with E-state index in [1.165, 1.54) is 6.42 Å². The second kappa shape index (κ2) is 12.3. The lowest BCUT2D eigenvalue weighted by molar-refractivity contribution is -0.121. The van der Waals surface area contributed by atoms with Gasteiger partial charge in [-0.2, -0.15) is 0 Å². The van der Waals surface area contributed by atoms with Crippen LogP contribution in [0, 0.1) is 0 Å². The third kappa shape index (κ3) is 5.95. The Labute approximate surface area is 225 Å². The standard InChI is InChI=1S/C33H37N3O2/c1-3-30(24-13-6-4-7-14-24)34-32(37)21-28-27-18-10-11-19-31(27)35-33(25-15-8-5-9-16-25)29(28)23-38-22-26-17-12-20-36(26)2/h4-11,13-16,18-19,26,30H,3,12,17,20-23H2,1-2H3,(H,34,37)/t26-,30-/m0/s1. The minimum atomic E-state index is -0.0250. The van der Waals surface area contributed by atoms with Crippen molar-refractivity contribution in [3.05, 3.63) is 102 Å². The van der Waals surface area contributed by atoms with Crippen molar-refractivity contribution in [3.8, 4) is 11.3 Å². The third-order valence-corrected chi connectivity index (χ3v) is 7.67. The molecule has 2 atom stereocenters. The van der Waals surface area contributed by atoms with Crippen LogP contribution in [0.5, 0.6) is 0 Å². The number of para-hydroxylation sites is 1. The van der Waals surface area contributed by atoms with Crippen molar-refractivity contribution in [2.75, 3.05) is 20.2 Å². The number of amides is 1. The van der Waals surface area contributed by atoms with Crippen molar-refractivity contribution >= 4 is 16.8 Å². The fraction of sp³-hybridized carbons (Fsp3) is 0.333.